The minimum absolute atomic E-state index is 0.169. The van der Waals surface area contributed by atoms with Gasteiger partial charge in [-0.1, -0.05) is 17.3 Å². The van der Waals surface area contributed by atoms with E-state index in [4.69, 9.17) is 4.52 Å². The Balaban J connectivity index is 1.69. The summed E-state index contributed by atoms with van der Waals surface area (Å²) in [6, 6.07) is 7.58. The van der Waals surface area contributed by atoms with Crippen molar-refractivity contribution >= 4 is 15.7 Å². The number of anilines is 1. The molecule has 1 aliphatic heterocycles. The topological polar surface area (TPSA) is 84.2 Å². The monoisotopic (exact) mass is 321 g/mol. The first-order valence-electron chi connectivity index (χ1n) is 7.28. The molecule has 0 saturated heterocycles. The molecule has 2 heterocycles. The Hall–Kier alpha value is -1.86. The van der Waals surface area contributed by atoms with E-state index < -0.39 is 10.0 Å². The van der Waals surface area contributed by atoms with Crippen molar-refractivity contribution in [1.82, 2.24) is 9.88 Å². The van der Waals surface area contributed by atoms with Gasteiger partial charge in [-0.05, 0) is 37.0 Å². The lowest BCUT2D eigenvalue weighted by molar-refractivity contribution is 0.392. The first-order valence-corrected chi connectivity index (χ1v) is 8.93. The fourth-order valence-electron chi connectivity index (χ4n) is 2.67. The van der Waals surface area contributed by atoms with Crippen LogP contribution in [0.3, 0.4) is 0 Å². The van der Waals surface area contributed by atoms with Gasteiger partial charge in [-0.15, -0.1) is 0 Å². The maximum atomic E-state index is 12.1. The molecule has 0 amide bonds. The van der Waals surface area contributed by atoms with Crippen LogP contribution in [0.4, 0.5) is 5.69 Å². The van der Waals surface area contributed by atoms with Crippen molar-refractivity contribution < 1.29 is 12.9 Å². The number of hydrogen-bond donors (Lipinski definition) is 2. The maximum absolute atomic E-state index is 12.1. The predicted molar refractivity (Wildman–Crippen MR) is 84.0 cm³/mol. The van der Waals surface area contributed by atoms with Gasteiger partial charge in [0.1, 0.15) is 17.2 Å². The fourth-order valence-corrected chi connectivity index (χ4v) is 3.67. The summed E-state index contributed by atoms with van der Waals surface area (Å²) in [5.74, 6) is 0.436. The van der Waals surface area contributed by atoms with Gasteiger partial charge in [0.2, 0.25) is 10.0 Å². The minimum atomic E-state index is -3.44. The van der Waals surface area contributed by atoms with Crippen molar-refractivity contribution in [2.45, 2.75) is 32.1 Å². The van der Waals surface area contributed by atoms with Crippen LogP contribution in [0.25, 0.3) is 0 Å². The van der Waals surface area contributed by atoms with Crippen LogP contribution in [0.1, 0.15) is 29.0 Å². The molecule has 0 atom stereocenters. The van der Waals surface area contributed by atoms with E-state index in [1.54, 1.807) is 13.0 Å². The molecule has 1 aliphatic rings. The lowest BCUT2D eigenvalue weighted by Crippen LogP contribution is -2.26. The van der Waals surface area contributed by atoms with Crippen LogP contribution in [-0.4, -0.2) is 20.1 Å². The molecule has 0 fully saturated rings. The smallest absolute Gasteiger partial charge is 0.217 e. The molecule has 2 aromatic rings. The van der Waals surface area contributed by atoms with E-state index in [1.165, 1.54) is 5.56 Å². The lowest BCUT2D eigenvalue weighted by atomic mass is 9.98. The van der Waals surface area contributed by atoms with E-state index in [1.807, 2.05) is 18.2 Å². The van der Waals surface area contributed by atoms with Gasteiger partial charge in [-0.3, -0.25) is 0 Å². The molecule has 1 aromatic heterocycles. The van der Waals surface area contributed by atoms with Gasteiger partial charge in [0.05, 0.1) is 0 Å². The summed E-state index contributed by atoms with van der Waals surface area (Å²) in [5.41, 5.74) is 3.75. The van der Waals surface area contributed by atoms with Crippen molar-refractivity contribution in [3.8, 4) is 0 Å². The van der Waals surface area contributed by atoms with Crippen molar-refractivity contribution in [2.75, 3.05) is 11.9 Å². The van der Waals surface area contributed by atoms with Gasteiger partial charge in [0.15, 0.2) is 0 Å². The molecule has 0 saturated carbocycles. The molecule has 0 bridgehead atoms. The fraction of sp³-hybridized carbons (Fsp3) is 0.400. The third kappa shape index (κ3) is 3.48. The third-order valence-corrected chi connectivity index (χ3v) is 4.95. The molecule has 6 nitrogen and oxygen atoms in total. The Morgan fingerprint density at radius 1 is 1.41 bits per heavy atom. The lowest BCUT2D eigenvalue weighted by Gasteiger charge is -2.21. The van der Waals surface area contributed by atoms with Crippen molar-refractivity contribution in [3.63, 3.8) is 0 Å². The van der Waals surface area contributed by atoms with E-state index >= 15 is 0 Å². The molecular formula is C15H19N3O3S. The van der Waals surface area contributed by atoms with Gasteiger partial charge in [-0.25, -0.2) is 13.1 Å². The summed E-state index contributed by atoms with van der Waals surface area (Å²) in [6.45, 7) is 3.00. The zero-order chi connectivity index (χ0) is 15.6. The normalized spacial score (nSPS) is 14.4. The summed E-state index contributed by atoms with van der Waals surface area (Å²) in [4.78, 5) is 0. The Labute approximate surface area is 129 Å². The number of benzene rings is 1. The average molecular weight is 321 g/mol. The molecule has 3 rings (SSSR count). The zero-order valence-electron chi connectivity index (χ0n) is 12.4. The van der Waals surface area contributed by atoms with Gasteiger partial charge in [0.25, 0.3) is 0 Å². The first-order chi connectivity index (χ1) is 10.5. The van der Waals surface area contributed by atoms with Crippen LogP contribution >= 0.6 is 0 Å². The van der Waals surface area contributed by atoms with Crippen LogP contribution in [0, 0.1) is 6.92 Å². The molecular weight excluding hydrogens is 302 g/mol. The number of sulfonamides is 1. The van der Waals surface area contributed by atoms with E-state index in [9.17, 15) is 8.42 Å². The molecule has 118 valence electrons. The molecule has 0 aliphatic carbocycles. The predicted octanol–water partition coefficient (Wildman–Crippen LogP) is 1.96. The quantitative estimate of drug-likeness (QED) is 0.879. The Morgan fingerprint density at radius 3 is 3.05 bits per heavy atom. The molecule has 0 radical (unpaired) electrons. The highest BCUT2D eigenvalue weighted by Gasteiger charge is 2.17. The summed E-state index contributed by atoms with van der Waals surface area (Å²) >= 11 is 0. The van der Waals surface area contributed by atoms with E-state index in [-0.39, 0.29) is 5.75 Å². The van der Waals surface area contributed by atoms with E-state index in [0.29, 0.717) is 18.0 Å². The Kier molecular flexibility index (Phi) is 4.17. The molecule has 0 unspecified atom stereocenters. The highest BCUT2D eigenvalue weighted by atomic mass is 32.2. The second-order valence-electron chi connectivity index (χ2n) is 5.48. The average Bonchev–Trinajstić information content (AvgIpc) is 2.89. The summed E-state index contributed by atoms with van der Waals surface area (Å²) in [7, 11) is -3.44. The molecule has 7 heteroatoms. The summed E-state index contributed by atoms with van der Waals surface area (Å²) < 4.78 is 31.8. The van der Waals surface area contributed by atoms with E-state index in [2.05, 4.69) is 15.2 Å². The number of hydrogen-bond acceptors (Lipinski definition) is 5. The molecule has 22 heavy (non-hydrogen) atoms. The third-order valence-electron chi connectivity index (χ3n) is 3.69. The first kappa shape index (κ1) is 15.1. The van der Waals surface area contributed by atoms with Crippen LogP contribution in [0.2, 0.25) is 0 Å². The highest BCUT2D eigenvalue weighted by molar-refractivity contribution is 7.88. The van der Waals surface area contributed by atoms with Crippen molar-refractivity contribution in [3.05, 3.63) is 46.8 Å². The number of nitrogens with zero attached hydrogens (tertiary/aromatic N) is 1. The van der Waals surface area contributed by atoms with Gasteiger partial charge in [0, 0.05) is 24.8 Å². The molecule has 0 spiro atoms. The van der Waals surface area contributed by atoms with Crippen LogP contribution in [0.5, 0.6) is 0 Å². The van der Waals surface area contributed by atoms with Crippen LogP contribution in [0.15, 0.2) is 28.8 Å². The number of aromatic nitrogens is 1. The minimum Gasteiger partial charge on any atom is -0.385 e. The van der Waals surface area contributed by atoms with Crippen LogP contribution in [-0.2, 0) is 28.7 Å². The highest BCUT2D eigenvalue weighted by Crippen LogP contribution is 2.25. The van der Waals surface area contributed by atoms with Gasteiger partial charge < -0.3 is 9.84 Å². The Morgan fingerprint density at radius 2 is 2.27 bits per heavy atom. The SMILES string of the molecule is Cc1cc(CS(=O)(=O)NCc2cccc3c2CCCN3)no1. The number of nitrogens with one attached hydrogen (secondary N) is 2. The number of aryl methyl sites for hydroxylation is 1. The summed E-state index contributed by atoms with van der Waals surface area (Å²) in [5, 5.41) is 7.07. The van der Waals surface area contributed by atoms with E-state index in [0.717, 1.165) is 30.6 Å². The summed E-state index contributed by atoms with van der Waals surface area (Å²) in [6.07, 6.45) is 2.04. The van der Waals surface area contributed by atoms with Crippen molar-refractivity contribution in [2.24, 2.45) is 0 Å². The maximum Gasteiger partial charge on any atom is 0.217 e. The number of rotatable bonds is 5. The second kappa shape index (κ2) is 6.10. The Bertz CT molecular complexity index is 768. The van der Waals surface area contributed by atoms with Crippen molar-refractivity contribution in [1.29, 1.82) is 0 Å². The largest absolute Gasteiger partial charge is 0.385 e. The molecule has 1 aromatic carbocycles. The number of fused-ring (bicyclic) bond motifs is 1. The standard InChI is InChI=1S/C15H19N3O3S/c1-11-8-13(18-21-11)10-22(19,20)17-9-12-4-2-6-15-14(12)5-3-7-16-15/h2,4,6,8,16-17H,3,5,7,9-10H2,1H3. The van der Waals surface area contributed by atoms with Gasteiger partial charge in [-0.2, -0.15) is 0 Å². The van der Waals surface area contributed by atoms with Gasteiger partial charge >= 0.3 is 0 Å². The zero-order valence-corrected chi connectivity index (χ0v) is 13.2. The molecule has 2 N–H and O–H groups in total. The second-order valence-corrected chi connectivity index (χ2v) is 7.29. The van der Waals surface area contributed by atoms with Crippen LogP contribution < -0.4 is 10.0 Å².